The van der Waals surface area contributed by atoms with Crippen LogP contribution < -0.4 is 4.90 Å². The van der Waals surface area contributed by atoms with Crippen LogP contribution in [0, 0.1) is 6.92 Å². The molecule has 0 unspecified atom stereocenters. The van der Waals surface area contributed by atoms with Crippen molar-refractivity contribution in [3.63, 3.8) is 0 Å². The van der Waals surface area contributed by atoms with Gasteiger partial charge in [-0.2, -0.15) is 5.10 Å². The summed E-state index contributed by atoms with van der Waals surface area (Å²) in [6.45, 7) is 2.01. The van der Waals surface area contributed by atoms with Gasteiger partial charge in [0.15, 0.2) is 5.78 Å². The molecule has 0 spiro atoms. The van der Waals surface area contributed by atoms with Crippen LogP contribution >= 0.6 is 0 Å². The normalized spacial score (nSPS) is 11.0. The van der Waals surface area contributed by atoms with Gasteiger partial charge < -0.3 is 9.88 Å². The number of benzene rings is 1. The van der Waals surface area contributed by atoms with E-state index in [0.29, 0.717) is 11.1 Å². The Bertz CT molecular complexity index is 1090. The average Bonchev–Trinajstić information content (AvgIpc) is 3.29. The Labute approximate surface area is 150 Å². The summed E-state index contributed by atoms with van der Waals surface area (Å²) in [6.07, 6.45) is 7.07. The Kier molecular flexibility index (Phi) is 3.80. The topological polar surface area (TPSA) is 77.7 Å². The number of ketones is 1. The number of aromatic amines is 2. The third-order valence-electron chi connectivity index (χ3n) is 4.54. The number of carbonyl (C=O) groups is 1. The minimum absolute atomic E-state index is 0.0350. The zero-order valence-electron chi connectivity index (χ0n) is 14.9. The predicted octanol–water partition coefficient (Wildman–Crippen LogP) is 3.56. The third kappa shape index (κ3) is 2.65. The molecule has 0 saturated heterocycles. The highest BCUT2D eigenvalue weighted by Crippen LogP contribution is 2.28. The standard InChI is InChI=1S/C20H19N5O/c1-12-6-13(4-5-18(12)25(2)3)19(26)14-7-16-17(15-9-23-24-10-15)11-22-20(16)21-8-14/h4-11H,1-3H3,(H,21,22)(H,23,24). The number of nitrogens with one attached hydrogen (secondary N) is 2. The quantitative estimate of drug-likeness (QED) is 0.554. The van der Waals surface area contributed by atoms with Crippen LogP contribution in [-0.4, -0.2) is 40.0 Å². The largest absolute Gasteiger partial charge is 0.377 e. The summed E-state index contributed by atoms with van der Waals surface area (Å²) in [5.74, 6) is -0.0350. The molecular formula is C20H19N5O. The van der Waals surface area contributed by atoms with E-state index in [9.17, 15) is 4.79 Å². The number of fused-ring (bicyclic) bond motifs is 1. The fraction of sp³-hybridized carbons (Fsp3) is 0.150. The van der Waals surface area contributed by atoms with Crippen LogP contribution in [0.3, 0.4) is 0 Å². The lowest BCUT2D eigenvalue weighted by molar-refractivity contribution is 0.103. The van der Waals surface area contributed by atoms with Gasteiger partial charge in [0.25, 0.3) is 0 Å². The van der Waals surface area contributed by atoms with E-state index in [1.54, 1.807) is 12.4 Å². The van der Waals surface area contributed by atoms with Crippen molar-refractivity contribution in [1.82, 2.24) is 20.2 Å². The fourth-order valence-corrected chi connectivity index (χ4v) is 3.23. The second-order valence-electron chi connectivity index (χ2n) is 6.53. The zero-order valence-corrected chi connectivity index (χ0v) is 14.9. The zero-order chi connectivity index (χ0) is 18.3. The van der Waals surface area contributed by atoms with E-state index in [4.69, 9.17) is 0 Å². The summed E-state index contributed by atoms with van der Waals surface area (Å²) in [5, 5.41) is 7.71. The Morgan fingerprint density at radius 1 is 1.08 bits per heavy atom. The van der Waals surface area contributed by atoms with Crippen molar-refractivity contribution in [3.8, 4) is 11.1 Å². The number of aryl methyl sites for hydroxylation is 1. The van der Waals surface area contributed by atoms with Gasteiger partial charge in [0.2, 0.25) is 0 Å². The first-order valence-corrected chi connectivity index (χ1v) is 8.33. The van der Waals surface area contributed by atoms with Crippen molar-refractivity contribution in [2.75, 3.05) is 19.0 Å². The van der Waals surface area contributed by atoms with E-state index in [1.807, 2.05) is 62.6 Å². The molecule has 3 heterocycles. The molecule has 0 aliphatic heterocycles. The van der Waals surface area contributed by atoms with E-state index >= 15 is 0 Å². The number of anilines is 1. The number of carbonyl (C=O) groups excluding carboxylic acids is 1. The van der Waals surface area contributed by atoms with Crippen molar-refractivity contribution in [1.29, 1.82) is 0 Å². The highest BCUT2D eigenvalue weighted by atomic mass is 16.1. The molecule has 0 aliphatic rings. The highest BCUT2D eigenvalue weighted by Gasteiger charge is 2.15. The summed E-state index contributed by atoms with van der Waals surface area (Å²) < 4.78 is 0. The molecule has 0 atom stereocenters. The number of rotatable bonds is 4. The Morgan fingerprint density at radius 2 is 1.92 bits per heavy atom. The molecule has 4 rings (SSSR count). The fourth-order valence-electron chi connectivity index (χ4n) is 3.23. The Balaban J connectivity index is 1.76. The number of nitrogens with zero attached hydrogens (tertiary/aromatic N) is 3. The van der Waals surface area contributed by atoms with Gasteiger partial charge in [-0.15, -0.1) is 0 Å². The first kappa shape index (κ1) is 16.1. The molecule has 0 fully saturated rings. The lowest BCUT2D eigenvalue weighted by Gasteiger charge is -2.16. The first-order chi connectivity index (χ1) is 12.5. The minimum Gasteiger partial charge on any atom is -0.377 e. The average molecular weight is 345 g/mol. The van der Waals surface area contributed by atoms with E-state index in [2.05, 4.69) is 20.2 Å². The molecule has 26 heavy (non-hydrogen) atoms. The second-order valence-corrected chi connectivity index (χ2v) is 6.53. The smallest absolute Gasteiger partial charge is 0.194 e. The molecule has 6 nitrogen and oxygen atoms in total. The molecule has 6 heteroatoms. The van der Waals surface area contributed by atoms with Crippen LogP contribution in [0.1, 0.15) is 21.5 Å². The van der Waals surface area contributed by atoms with Crippen molar-refractivity contribution in [3.05, 3.63) is 65.7 Å². The van der Waals surface area contributed by atoms with Crippen LogP contribution in [0.4, 0.5) is 5.69 Å². The minimum atomic E-state index is -0.0350. The lowest BCUT2D eigenvalue weighted by Crippen LogP contribution is -2.11. The molecular weight excluding hydrogens is 326 g/mol. The van der Waals surface area contributed by atoms with Gasteiger partial charge in [0.1, 0.15) is 5.65 Å². The van der Waals surface area contributed by atoms with Gasteiger partial charge in [-0.3, -0.25) is 9.89 Å². The Hall–Kier alpha value is -3.41. The first-order valence-electron chi connectivity index (χ1n) is 8.33. The third-order valence-corrected chi connectivity index (χ3v) is 4.54. The summed E-state index contributed by atoms with van der Waals surface area (Å²) >= 11 is 0. The lowest BCUT2D eigenvalue weighted by atomic mass is 10.00. The molecule has 2 N–H and O–H groups in total. The molecule has 3 aromatic heterocycles. The number of H-pyrrole nitrogens is 2. The van der Waals surface area contributed by atoms with Crippen molar-refractivity contribution < 1.29 is 4.79 Å². The maximum atomic E-state index is 13.0. The summed E-state index contributed by atoms with van der Waals surface area (Å²) in [5.41, 5.74) is 6.06. The maximum Gasteiger partial charge on any atom is 0.194 e. The van der Waals surface area contributed by atoms with Gasteiger partial charge >= 0.3 is 0 Å². The van der Waals surface area contributed by atoms with Gasteiger partial charge in [-0.05, 0) is 36.8 Å². The van der Waals surface area contributed by atoms with Gasteiger partial charge in [0, 0.05) is 66.0 Å². The SMILES string of the molecule is Cc1cc(C(=O)c2cnc3[nH]cc(-c4cn[nH]c4)c3c2)ccc1N(C)C. The van der Waals surface area contributed by atoms with Crippen LogP contribution in [0.25, 0.3) is 22.2 Å². The van der Waals surface area contributed by atoms with E-state index in [-0.39, 0.29) is 5.78 Å². The molecule has 0 radical (unpaired) electrons. The van der Waals surface area contributed by atoms with E-state index in [1.165, 1.54) is 0 Å². The number of aromatic nitrogens is 4. The van der Waals surface area contributed by atoms with Crippen LogP contribution in [-0.2, 0) is 0 Å². The van der Waals surface area contributed by atoms with E-state index in [0.717, 1.165) is 33.4 Å². The number of hydrogen-bond acceptors (Lipinski definition) is 4. The molecule has 4 aromatic rings. The summed E-state index contributed by atoms with van der Waals surface area (Å²) in [7, 11) is 3.98. The summed E-state index contributed by atoms with van der Waals surface area (Å²) in [4.78, 5) is 22.5. The molecule has 130 valence electrons. The van der Waals surface area contributed by atoms with Crippen molar-refractivity contribution in [2.45, 2.75) is 6.92 Å². The van der Waals surface area contributed by atoms with Crippen molar-refractivity contribution >= 4 is 22.5 Å². The van der Waals surface area contributed by atoms with Crippen LogP contribution in [0.15, 0.2) is 49.1 Å². The van der Waals surface area contributed by atoms with Gasteiger partial charge in [-0.1, -0.05) is 0 Å². The number of pyridine rings is 1. The van der Waals surface area contributed by atoms with Crippen molar-refractivity contribution in [2.24, 2.45) is 0 Å². The molecule has 0 saturated carbocycles. The molecule has 0 bridgehead atoms. The van der Waals surface area contributed by atoms with Crippen LogP contribution in [0.2, 0.25) is 0 Å². The second kappa shape index (κ2) is 6.15. The van der Waals surface area contributed by atoms with Gasteiger partial charge in [-0.25, -0.2) is 4.98 Å². The monoisotopic (exact) mass is 345 g/mol. The highest BCUT2D eigenvalue weighted by molar-refractivity contribution is 6.11. The Morgan fingerprint density at radius 3 is 2.62 bits per heavy atom. The van der Waals surface area contributed by atoms with E-state index < -0.39 is 0 Å². The predicted molar refractivity (Wildman–Crippen MR) is 103 cm³/mol. The number of hydrogen-bond donors (Lipinski definition) is 2. The molecule has 0 amide bonds. The molecule has 1 aromatic carbocycles. The molecule has 0 aliphatic carbocycles. The van der Waals surface area contributed by atoms with Crippen LogP contribution in [0.5, 0.6) is 0 Å². The van der Waals surface area contributed by atoms with Gasteiger partial charge in [0.05, 0.1) is 6.20 Å². The summed E-state index contributed by atoms with van der Waals surface area (Å²) in [6, 6.07) is 7.65. The maximum absolute atomic E-state index is 13.0.